The molecule has 1 aromatic rings. The highest BCUT2D eigenvalue weighted by atomic mass is 16.5. The molecule has 0 saturated heterocycles. The van der Waals surface area contributed by atoms with Crippen LogP contribution in [0.2, 0.25) is 0 Å². The van der Waals surface area contributed by atoms with Crippen LogP contribution in [0.3, 0.4) is 0 Å². The molecule has 0 spiro atoms. The van der Waals surface area contributed by atoms with Crippen molar-refractivity contribution in [2.45, 2.75) is 58.6 Å². The van der Waals surface area contributed by atoms with Gasteiger partial charge in [-0.15, -0.1) is 0 Å². The summed E-state index contributed by atoms with van der Waals surface area (Å²) in [6.45, 7) is 9.71. The zero-order chi connectivity index (χ0) is 14.3. The number of nitrogens with one attached hydrogen (secondary N) is 1. The monoisotopic (exact) mass is 263 g/mol. The van der Waals surface area contributed by atoms with Crippen molar-refractivity contribution < 1.29 is 4.74 Å². The summed E-state index contributed by atoms with van der Waals surface area (Å²) in [7, 11) is 1.79. The topological polar surface area (TPSA) is 21.3 Å². The summed E-state index contributed by atoms with van der Waals surface area (Å²) in [5.41, 5.74) is 2.53. The van der Waals surface area contributed by atoms with Crippen LogP contribution in [0.1, 0.15) is 57.7 Å². The summed E-state index contributed by atoms with van der Waals surface area (Å²) in [5.74, 6) is 0. The molecule has 0 bridgehead atoms. The Kier molecular flexibility index (Phi) is 6.53. The first-order valence-corrected chi connectivity index (χ1v) is 7.42. The van der Waals surface area contributed by atoms with Crippen molar-refractivity contribution in [2.24, 2.45) is 0 Å². The van der Waals surface area contributed by atoms with E-state index in [1.807, 2.05) is 0 Å². The first-order chi connectivity index (χ1) is 9.05. The van der Waals surface area contributed by atoms with E-state index in [2.05, 4.69) is 57.3 Å². The third-order valence-corrected chi connectivity index (χ3v) is 3.64. The van der Waals surface area contributed by atoms with Gasteiger partial charge >= 0.3 is 0 Å². The Balaban J connectivity index is 2.99. The molecule has 0 aliphatic carbocycles. The number of aryl methyl sites for hydroxylation is 1. The van der Waals surface area contributed by atoms with Gasteiger partial charge in [0.2, 0.25) is 0 Å². The molecule has 0 aromatic heterocycles. The lowest BCUT2D eigenvalue weighted by molar-refractivity contribution is -0.0110. The van der Waals surface area contributed by atoms with Crippen LogP contribution in [-0.2, 0) is 11.2 Å². The highest BCUT2D eigenvalue weighted by Crippen LogP contribution is 2.29. The lowest BCUT2D eigenvalue weighted by Crippen LogP contribution is -2.41. The molecular formula is C17H29NO. The van der Waals surface area contributed by atoms with Crippen molar-refractivity contribution in [2.75, 3.05) is 13.7 Å². The van der Waals surface area contributed by atoms with E-state index < -0.39 is 0 Å². The van der Waals surface area contributed by atoms with E-state index in [1.165, 1.54) is 17.5 Å². The van der Waals surface area contributed by atoms with Crippen LogP contribution in [0, 0.1) is 0 Å². The summed E-state index contributed by atoms with van der Waals surface area (Å²) in [4.78, 5) is 0. The maximum atomic E-state index is 5.69. The average Bonchev–Trinajstić information content (AvgIpc) is 2.40. The normalized spacial score (nSPS) is 13.5. The average molecular weight is 263 g/mol. The Morgan fingerprint density at radius 1 is 1.21 bits per heavy atom. The van der Waals surface area contributed by atoms with Crippen LogP contribution in [0.15, 0.2) is 24.3 Å². The molecule has 0 heterocycles. The first kappa shape index (κ1) is 16.2. The molecule has 1 rings (SSSR count). The molecule has 0 aliphatic rings. The second-order valence-corrected chi connectivity index (χ2v) is 5.69. The van der Waals surface area contributed by atoms with E-state index in [1.54, 1.807) is 7.11 Å². The van der Waals surface area contributed by atoms with Gasteiger partial charge in [0.05, 0.1) is 11.6 Å². The van der Waals surface area contributed by atoms with E-state index in [9.17, 15) is 0 Å². The van der Waals surface area contributed by atoms with Gasteiger partial charge < -0.3 is 10.1 Å². The lowest BCUT2D eigenvalue weighted by atomic mass is 9.90. The third kappa shape index (κ3) is 4.63. The Labute approximate surface area is 118 Å². The van der Waals surface area contributed by atoms with Gasteiger partial charge in [-0.1, -0.05) is 44.5 Å². The van der Waals surface area contributed by atoms with E-state index in [4.69, 9.17) is 4.74 Å². The highest BCUT2D eigenvalue weighted by Gasteiger charge is 2.30. The largest absolute Gasteiger partial charge is 0.377 e. The van der Waals surface area contributed by atoms with Gasteiger partial charge in [-0.05, 0) is 44.4 Å². The first-order valence-electron chi connectivity index (χ1n) is 7.42. The smallest absolute Gasteiger partial charge is 0.0816 e. The number of benzene rings is 1. The summed E-state index contributed by atoms with van der Waals surface area (Å²) in [6, 6.07) is 9.12. The predicted octanol–water partition coefficient (Wildman–Crippen LogP) is 4.10. The molecule has 1 atom stereocenters. The van der Waals surface area contributed by atoms with Gasteiger partial charge in [-0.2, -0.15) is 0 Å². The molecule has 0 amide bonds. The summed E-state index contributed by atoms with van der Waals surface area (Å²) >= 11 is 0. The SMILES string of the molecule is CCCNC(c1cccc(CCC)c1)C(C)(C)OC. The third-order valence-electron chi connectivity index (χ3n) is 3.64. The Morgan fingerprint density at radius 2 is 1.95 bits per heavy atom. The molecule has 2 nitrogen and oxygen atoms in total. The standard InChI is InChI=1S/C17H29NO/c1-6-9-14-10-8-11-15(13-14)16(18-12-7-2)17(3,4)19-5/h8,10-11,13,16,18H,6-7,9,12H2,1-5H3. The Bertz CT molecular complexity index is 373. The second kappa shape index (κ2) is 7.66. The van der Waals surface area contributed by atoms with Gasteiger partial charge in [0.25, 0.3) is 0 Å². The molecule has 19 heavy (non-hydrogen) atoms. The number of rotatable bonds is 8. The highest BCUT2D eigenvalue weighted by molar-refractivity contribution is 5.28. The van der Waals surface area contributed by atoms with Crippen molar-refractivity contribution in [3.05, 3.63) is 35.4 Å². The molecule has 0 radical (unpaired) electrons. The Morgan fingerprint density at radius 3 is 2.53 bits per heavy atom. The zero-order valence-electron chi connectivity index (χ0n) is 13.1. The molecule has 0 aliphatic heterocycles. The lowest BCUT2D eigenvalue weighted by Gasteiger charge is -2.34. The minimum absolute atomic E-state index is 0.208. The van der Waals surface area contributed by atoms with Crippen LogP contribution >= 0.6 is 0 Å². The van der Waals surface area contributed by atoms with Crippen molar-refractivity contribution in [1.82, 2.24) is 5.32 Å². The summed E-state index contributed by atoms with van der Waals surface area (Å²) in [6.07, 6.45) is 3.46. The Hall–Kier alpha value is -0.860. The van der Waals surface area contributed by atoms with Gasteiger partial charge in [-0.3, -0.25) is 0 Å². The number of hydrogen-bond acceptors (Lipinski definition) is 2. The molecule has 108 valence electrons. The number of ether oxygens (including phenoxy) is 1. The van der Waals surface area contributed by atoms with E-state index in [-0.39, 0.29) is 11.6 Å². The van der Waals surface area contributed by atoms with Crippen molar-refractivity contribution in [3.63, 3.8) is 0 Å². The maximum absolute atomic E-state index is 5.69. The molecule has 1 aromatic carbocycles. The number of hydrogen-bond donors (Lipinski definition) is 1. The summed E-state index contributed by atoms with van der Waals surface area (Å²) in [5, 5.41) is 3.62. The maximum Gasteiger partial charge on any atom is 0.0816 e. The van der Waals surface area contributed by atoms with E-state index in [0.717, 1.165) is 19.4 Å². The fourth-order valence-corrected chi connectivity index (χ4v) is 2.39. The molecule has 1 N–H and O–H groups in total. The van der Waals surface area contributed by atoms with E-state index in [0.29, 0.717) is 0 Å². The van der Waals surface area contributed by atoms with Crippen LogP contribution in [0.25, 0.3) is 0 Å². The van der Waals surface area contributed by atoms with Crippen LogP contribution in [0.5, 0.6) is 0 Å². The van der Waals surface area contributed by atoms with Gasteiger partial charge in [0, 0.05) is 7.11 Å². The molecule has 0 fully saturated rings. The molecule has 0 saturated carbocycles. The fraction of sp³-hybridized carbons (Fsp3) is 0.647. The van der Waals surface area contributed by atoms with E-state index >= 15 is 0 Å². The van der Waals surface area contributed by atoms with Crippen LogP contribution in [-0.4, -0.2) is 19.3 Å². The number of methoxy groups -OCH3 is 1. The molecule has 1 unspecified atom stereocenters. The summed E-state index contributed by atoms with van der Waals surface area (Å²) < 4.78 is 5.69. The fourth-order valence-electron chi connectivity index (χ4n) is 2.39. The predicted molar refractivity (Wildman–Crippen MR) is 82.6 cm³/mol. The van der Waals surface area contributed by atoms with Crippen LogP contribution in [0.4, 0.5) is 0 Å². The van der Waals surface area contributed by atoms with Crippen molar-refractivity contribution in [1.29, 1.82) is 0 Å². The second-order valence-electron chi connectivity index (χ2n) is 5.69. The molecular weight excluding hydrogens is 234 g/mol. The van der Waals surface area contributed by atoms with Gasteiger partial charge in [-0.25, -0.2) is 0 Å². The van der Waals surface area contributed by atoms with Crippen molar-refractivity contribution >= 4 is 0 Å². The quantitative estimate of drug-likeness (QED) is 0.762. The zero-order valence-corrected chi connectivity index (χ0v) is 13.1. The minimum atomic E-state index is -0.208. The van der Waals surface area contributed by atoms with Gasteiger partial charge in [0.1, 0.15) is 0 Å². The van der Waals surface area contributed by atoms with Gasteiger partial charge in [0.15, 0.2) is 0 Å². The minimum Gasteiger partial charge on any atom is -0.377 e. The molecule has 2 heteroatoms. The van der Waals surface area contributed by atoms with Crippen LogP contribution < -0.4 is 5.32 Å². The van der Waals surface area contributed by atoms with Crippen molar-refractivity contribution in [3.8, 4) is 0 Å².